The lowest BCUT2D eigenvalue weighted by molar-refractivity contribution is 0.1000. The van der Waals surface area contributed by atoms with Gasteiger partial charge in [0.2, 0.25) is 0 Å². The second kappa shape index (κ2) is 6.71. The summed E-state index contributed by atoms with van der Waals surface area (Å²) in [5, 5.41) is 0. The normalized spacial score (nSPS) is 11.0. The van der Waals surface area contributed by atoms with Crippen LogP contribution < -0.4 is 5.73 Å². The van der Waals surface area contributed by atoms with Crippen molar-refractivity contribution in [2.45, 2.75) is 20.4 Å². The molecular formula is C20H17F3N2O. The molecular weight excluding hydrogens is 341 g/mol. The summed E-state index contributed by atoms with van der Waals surface area (Å²) in [6, 6.07) is 9.43. The second-order valence-electron chi connectivity index (χ2n) is 6.13. The first-order valence-electron chi connectivity index (χ1n) is 7.99. The maximum Gasteiger partial charge on any atom is 0.251 e. The highest BCUT2D eigenvalue weighted by molar-refractivity contribution is 6.02. The maximum atomic E-state index is 13.5. The van der Waals surface area contributed by atoms with Gasteiger partial charge in [-0.25, -0.2) is 13.2 Å². The number of nitrogens with zero attached hydrogens (tertiary/aromatic N) is 1. The van der Waals surface area contributed by atoms with Gasteiger partial charge in [0.25, 0.3) is 5.91 Å². The summed E-state index contributed by atoms with van der Waals surface area (Å²) in [7, 11) is 0. The number of hydrogen-bond acceptors (Lipinski definition) is 1. The predicted octanol–water partition coefficient (Wildman–Crippen LogP) is 4.34. The van der Waals surface area contributed by atoms with Crippen molar-refractivity contribution in [2.75, 3.05) is 0 Å². The Labute approximate surface area is 148 Å². The fraction of sp³-hybridized carbons (Fsp3) is 0.150. The molecule has 0 saturated carbocycles. The minimum atomic E-state index is -0.932. The molecule has 0 aliphatic heterocycles. The molecule has 3 aromatic rings. The van der Waals surface area contributed by atoms with E-state index in [-0.39, 0.29) is 12.4 Å². The van der Waals surface area contributed by atoms with Crippen LogP contribution in [0.15, 0.2) is 42.5 Å². The van der Waals surface area contributed by atoms with Crippen molar-refractivity contribution in [3.63, 3.8) is 0 Å². The molecule has 0 saturated heterocycles. The number of carbonyl (C=O) groups is 1. The van der Waals surface area contributed by atoms with Gasteiger partial charge < -0.3 is 10.3 Å². The van der Waals surface area contributed by atoms with Crippen molar-refractivity contribution in [3.8, 4) is 11.1 Å². The lowest BCUT2D eigenvalue weighted by Crippen LogP contribution is -2.13. The third-order valence-electron chi connectivity index (χ3n) is 4.49. The molecule has 1 amide bonds. The van der Waals surface area contributed by atoms with Crippen molar-refractivity contribution in [2.24, 2.45) is 5.73 Å². The highest BCUT2D eigenvalue weighted by Crippen LogP contribution is 2.33. The van der Waals surface area contributed by atoms with Gasteiger partial charge >= 0.3 is 0 Å². The molecule has 0 unspecified atom stereocenters. The minimum absolute atomic E-state index is 0.246. The van der Waals surface area contributed by atoms with Gasteiger partial charge in [-0.1, -0.05) is 18.2 Å². The van der Waals surface area contributed by atoms with Crippen LogP contribution in [0, 0.1) is 31.3 Å². The summed E-state index contributed by atoms with van der Waals surface area (Å²) in [5.41, 5.74) is 9.05. The summed E-state index contributed by atoms with van der Waals surface area (Å²) in [6.45, 7) is 3.79. The van der Waals surface area contributed by atoms with Gasteiger partial charge in [0.15, 0.2) is 11.6 Å². The van der Waals surface area contributed by atoms with Crippen molar-refractivity contribution in [1.82, 2.24) is 4.57 Å². The topological polar surface area (TPSA) is 48.0 Å². The Morgan fingerprint density at radius 1 is 0.962 bits per heavy atom. The van der Waals surface area contributed by atoms with Gasteiger partial charge in [-0.3, -0.25) is 4.79 Å². The molecule has 3 rings (SSSR count). The van der Waals surface area contributed by atoms with Gasteiger partial charge in [0, 0.05) is 23.5 Å². The SMILES string of the molecule is Cc1c(C(N)=O)c(-c2ccc(F)cc2)c(C)n1Cc1ccc(F)c(F)c1. The van der Waals surface area contributed by atoms with E-state index < -0.39 is 17.5 Å². The Bertz CT molecular complexity index is 991. The number of nitrogens with two attached hydrogens (primary N) is 1. The standard InChI is InChI=1S/C20H17F3N2O/c1-11-18(14-4-6-15(21)7-5-14)19(20(24)26)12(2)25(11)10-13-3-8-16(22)17(23)9-13/h3-9H,10H2,1-2H3,(H2,24,26). The minimum Gasteiger partial charge on any atom is -0.366 e. The third-order valence-corrected chi connectivity index (χ3v) is 4.49. The molecule has 0 bridgehead atoms. The van der Waals surface area contributed by atoms with Gasteiger partial charge in [-0.15, -0.1) is 0 Å². The molecule has 0 atom stereocenters. The van der Waals surface area contributed by atoms with Crippen molar-refractivity contribution < 1.29 is 18.0 Å². The lowest BCUT2D eigenvalue weighted by atomic mass is 10.00. The van der Waals surface area contributed by atoms with Crippen molar-refractivity contribution >= 4 is 5.91 Å². The Hall–Kier alpha value is -3.02. The van der Waals surface area contributed by atoms with E-state index in [0.29, 0.717) is 27.9 Å². The number of rotatable bonds is 4. The molecule has 2 aromatic carbocycles. The summed E-state index contributed by atoms with van der Waals surface area (Å²) >= 11 is 0. The third kappa shape index (κ3) is 3.10. The van der Waals surface area contributed by atoms with Crippen LogP contribution >= 0.6 is 0 Å². The molecule has 0 spiro atoms. The predicted molar refractivity (Wildman–Crippen MR) is 93.3 cm³/mol. The van der Waals surface area contributed by atoms with E-state index >= 15 is 0 Å². The highest BCUT2D eigenvalue weighted by atomic mass is 19.2. The molecule has 0 aliphatic carbocycles. The summed E-state index contributed by atoms with van der Waals surface area (Å²) < 4.78 is 41.7. The zero-order chi connectivity index (χ0) is 19.0. The summed E-state index contributed by atoms with van der Waals surface area (Å²) in [6.07, 6.45) is 0. The van der Waals surface area contributed by atoms with Gasteiger partial charge in [0.05, 0.1) is 5.56 Å². The zero-order valence-corrected chi connectivity index (χ0v) is 14.3. The molecule has 2 N–H and O–H groups in total. The van der Waals surface area contributed by atoms with Crippen LogP contribution in [0.1, 0.15) is 27.3 Å². The highest BCUT2D eigenvalue weighted by Gasteiger charge is 2.22. The Morgan fingerprint density at radius 3 is 2.19 bits per heavy atom. The lowest BCUT2D eigenvalue weighted by Gasteiger charge is -2.10. The van der Waals surface area contributed by atoms with Crippen molar-refractivity contribution in [3.05, 3.63) is 82.4 Å². The first-order chi connectivity index (χ1) is 12.3. The smallest absolute Gasteiger partial charge is 0.251 e. The van der Waals surface area contributed by atoms with Crippen LogP contribution in [0.5, 0.6) is 0 Å². The Balaban J connectivity index is 2.14. The molecule has 26 heavy (non-hydrogen) atoms. The fourth-order valence-electron chi connectivity index (χ4n) is 3.21. The van der Waals surface area contributed by atoms with E-state index in [4.69, 9.17) is 5.73 Å². The molecule has 6 heteroatoms. The van der Waals surface area contributed by atoms with E-state index in [1.807, 2.05) is 4.57 Å². The number of amides is 1. The maximum absolute atomic E-state index is 13.5. The van der Waals surface area contributed by atoms with E-state index in [0.717, 1.165) is 17.8 Å². The van der Waals surface area contributed by atoms with Crippen LogP contribution in [0.2, 0.25) is 0 Å². The van der Waals surface area contributed by atoms with E-state index in [2.05, 4.69) is 0 Å². The number of hydrogen-bond donors (Lipinski definition) is 1. The first-order valence-corrected chi connectivity index (χ1v) is 7.99. The second-order valence-corrected chi connectivity index (χ2v) is 6.13. The van der Waals surface area contributed by atoms with Gasteiger partial charge in [-0.2, -0.15) is 0 Å². The molecule has 1 heterocycles. The molecule has 0 fully saturated rings. The number of halogens is 3. The average Bonchev–Trinajstić information content (AvgIpc) is 2.83. The van der Waals surface area contributed by atoms with Crippen LogP contribution in [0.25, 0.3) is 11.1 Å². The van der Waals surface area contributed by atoms with Crippen molar-refractivity contribution in [1.29, 1.82) is 0 Å². The quantitative estimate of drug-likeness (QED) is 0.741. The summed E-state index contributed by atoms with van der Waals surface area (Å²) in [5.74, 6) is -2.84. The van der Waals surface area contributed by atoms with Crippen LogP contribution in [0.3, 0.4) is 0 Å². The molecule has 1 aromatic heterocycles. The van der Waals surface area contributed by atoms with Crippen LogP contribution in [-0.4, -0.2) is 10.5 Å². The molecule has 3 nitrogen and oxygen atoms in total. The summed E-state index contributed by atoms with van der Waals surface area (Å²) in [4.78, 5) is 12.0. The zero-order valence-electron chi connectivity index (χ0n) is 14.3. The average molecular weight is 358 g/mol. The van der Waals surface area contributed by atoms with E-state index in [1.165, 1.54) is 18.2 Å². The van der Waals surface area contributed by atoms with Gasteiger partial charge in [-0.05, 0) is 49.2 Å². The van der Waals surface area contributed by atoms with E-state index in [1.54, 1.807) is 26.0 Å². The number of carbonyl (C=O) groups excluding carboxylic acids is 1. The fourth-order valence-corrected chi connectivity index (χ4v) is 3.21. The largest absolute Gasteiger partial charge is 0.366 e. The Morgan fingerprint density at radius 2 is 1.62 bits per heavy atom. The van der Waals surface area contributed by atoms with Crippen LogP contribution in [-0.2, 0) is 6.54 Å². The Kier molecular flexibility index (Phi) is 4.59. The monoisotopic (exact) mass is 358 g/mol. The molecule has 134 valence electrons. The number of benzene rings is 2. The number of aromatic nitrogens is 1. The van der Waals surface area contributed by atoms with Crippen LogP contribution in [0.4, 0.5) is 13.2 Å². The number of primary amides is 1. The molecule has 0 aliphatic rings. The van der Waals surface area contributed by atoms with E-state index in [9.17, 15) is 18.0 Å². The first kappa shape index (κ1) is 17.8. The van der Waals surface area contributed by atoms with Gasteiger partial charge in [0.1, 0.15) is 5.82 Å². The molecule has 0 radical (unpaired) electrons.